The van der Waals surface area contributed by atoms with Gasteiger partial charge in [0.2, 0.25) is 0 Å². The van der Waals surface area contributed by atoms with E-state index in [-0.39, 0.29) is 0 Å². The minimum absolute atomic E-state index is 0.702. The van der Waals surface area contributed by atoms with E-state index in [0.29, 0.717) is 12.1 Å². The molecule has 1 aliphatic rings. The number of hydrogen-bond donors (Lipinski definition) is 1. The van der Waals surface area contributed by atoms with Crippen LogP contribution in [0.2, 0.25) is 0 Å². The van der Waals surface area contributed by atoms with Gasteiger partial charge in [0, 0.05) is 25.2 Å². The first kappa shape index (κ1) is 14.0. The highest BCUT2D eigenvalue weighted by atomic mass is 15.2. The van der Waals surface area contributed by atoms with E-state index in [2.05, 4.69) is 44.8 Å². The van der Waals surface area contributed by atoms with Gasteiger partial charge in [-0.05, 0) is 31.7 Å². The first-order valence-electron chi connectivity index (χ1n) is 7.02. The van der Waals surface area contributed by atoms with Crippen molar-refractivity contribution in [2.45, 2.75) is 59.5 Å². The van der Waals surface area contributed by atoms with Crippen molar-refractivity contribution in [2.24, 2.45) is 11.8 Å². The first-order valence-corrected chi connectivity index (χ1v) is 7.02. The van der Waals surface area contributed by atoms with Gasteiger partial charge in [0.1, 0.15) is 0 Å². The van der Waals surface area contributed by atoms with Gasteiger partial charge in [-0.3, -0.25) is 4.90 Å². The third-order valence-electron chi connectivity index (χ3n) is 4.05. The van der Waals surface area contributed by atoms with Crippen LogP contribution in [0.15, 0.2) is 0 Å². The molecule has 2 heteroatoms. The normalized spacial score (nSPS) is 29.6. The Hall–Kier alpha value is -0.0800. The van der Waals surface area contributed by atoms with Crippen molar-refractivity contribution in [1.29, 1.82) is 0 Å². The molecule has 0 radical (unpaired) electrons. The average Bonchev–Trinajstić information content (AvgIpc) is 2.26. The van der Waals surface area contributed by atoms with Gasteiger partial charge < -0.3 is 5.32 Å². The number of rotatable bonds is 5. The summed E-state index contributed by atoms with van der Waals surface area (Å²) >= 11 is 0. The molecule has 0 aliphatic carbocycles. The van der Waals surface area contributed by atoms with Gasteiger partial charge in [0.05, 0.1) is 0 Å². The van der Waals surface area contributed by atoms with E-state index < -0.39 is 0 Å². The van der Waals surface area contributed by atoms with Crippen LogP contribution < -0.4 is 5.32 Å². The largest absolute Gasteiger partial charge is 0.311 e. The molecule has 1 saturated heterocycles. The van der Waals surface area contributed by atoms with Crippen molar-refractivity contribution in [2.75, 3.05) is 19.6 Å². The van der Waals surface area contributed by atoms with Crippen LogP contribution in [0.25, 0.3) is 0 Å². The van der Waals surface area contributed by atoms with Crippen LogP contribution in [-0.2, 0) is 0 Å². The molecule has 2 nitrogen and oxygen atoms in total. The van der Waals surface area contributed by atoms with E-state index in [4.69, 9.17) is 0 Å². The molecule has 16 heavy (non-hydrogen) atoms. The van der Waals surface area contributed by atoms with E-state index in [9.17, 15) is 0 Å². The van der Waals surface area contributed by atoms with Crippen molar-refractivity contribution < 1.29 is 0 Å². The van der Waals surface area contributed by atoms with Gasteiger partial charge in [0.25, 0.3) is 0 Å². The molecule has 3 atom stereocenters. The number of hydrogen-bond acceptors (Lipinski definition) is 2. The highest BCUT2D eigenvalue weighted by Crippen LogP contribution is 2.16. The predicted molar refractivity (Wildman–Crippen MR) is 71.7 cm³/mol. The van der Waals surface area contributed by atoms with Crippen LogP contribution >= 0.6 is 0 Å². The smallest absolute Gasteiger partial charge is 0.0221 e. The number of nitrogens with one attached hydrogen (secondary N) is 1. The standard InChI is InChI=1S/C14H30N2/c1-6-12(4)14-10-16(8-7-11(2)3)13(5)9-15-14/h11-15H,6-10H2,1-5H3. The van der Waals surface area contributed by atoms with Gasteiger partial charge in [-0.15, -0.1) is 0 Å². The van der Waals surface area contributed by atoms with Gasteiger partial charge in [-0.25, -0.2) is 0 Å². The molecule has 0 bridgehead atoms. The molecule has 3 unspecified atom stereocenters. The summed E-state index contributed by atoms with van der Waals surface area (Å²) in [5.41, 5.74) is 0. The van der Waals surface area contributed by atoms with Crippen LogP contribution in [0.1, 0.15) is 47.5 Å². The molecule has 1 rings (SSSR count). The Morgan fingerprint density at radius 1 is 1.31 bits per heavy atom. The topological polar surface area (TPSA) is 15.3 Å². The molecule has 0 aromatic rings. The third-order valence-corrected chi connectivity index (χ3v) is 4.05. The number of nitrogens with zero attached hydrogens (tertiary/aromatic N) is 1. The van der Waals surface area contributed by atoms with Crippen molar-refractivity contribution >= 4 is 0 Å². The first-order chi connectivity index (χ1) is 7.54. The second-order valence-corrected chi connectivity index (χ2v) is 5.93. The van der Waals surface area contributed by atoms with Crippen molar-refractivity contribution in [3.05, 3.63) is 0 Å². The number of piperazine rings is 1. The summed E-state index contributed by atoms with van der Waals surface area (Å²) in [6, 6.07) is 1.41. The Morgan fingerprint density at radius 2 is 2.00 bits per heavy atom. The molecular weight excluding hydrogens is 196 g/mol. The Kier molecular flexibility index (Phi) is 5.77. The van der Waals surface area contributed by atoms with Crippen molar-refractivity contribution in [3.63, 3.8) is 0 Å². The van der Waals surface area contributed by atoms with Crippen LogP contribution in [-0.4, -0.2) is 36.6 Å². The monoisotopic (exact) mass is 226 g/mol. The lowest BCUT2D eigenvalue weighted by Gasteiger charge is -2.41. The third kappa shape index (κ3) is 4.06. The SMILES string of the molecule is CCC(C)C1CN(CCC(C)C)C(C)CN1. The fourth-order valence-corrected chi connectivity index (χ4v) is 2.35. The predicted octanol–water partition coefficient (Wildman–Crippen LogP) is 2.74. The lowest BCUT2D eigenvalue weighted by atomic mass is 9.95. The summed E-state index contributed by atoms with van der Waals surface area (Å²) in [4.78, 5) is 2.67. The Balaban J connectivity index is 2.42. The summed E-state index contributed by atoms with van der Waals surface area (Å²) in [5.74, 6) is 1.62. The molecule has 0 aromatic carbocycles. The summed E-state index contributed by atoms with van der Waals surface area (Å²) in [5, 5.41) is 3.70. The summed E-state index contributed by atoms with van der Waals surface area (Å²) in [6.45, 7) is 15.3. The average molecular weight is 226 g/mol. The van der Waals surface area contributed by atoms with Gasteiger partial charge in [0.15, 0.2) is 0 Å². The molecule has 0 spiro atoms. The van der Waals surface area contributed by atoms with Crippen molar-refractivity contribution in [3.8, 4) is 0 Å². The summed E-state index contributed by atoms with van der Waals surface area (Å²) in [7, 11) is 0. The second kappa shape index (κ2) is 6.61. The van der Waals surface area contributed by atoms with Crippen LogP contribution in [0, 0.1) is 11.8 Å². The highest BCUT2D eigenvalue weighted by molar-refractivity contribution is 4.86. The van der Waals surface area contributed by atoms with Crippen LogP contribution in [0.4, 0.5) is 0 Å². The van der Waals surface area contributed by atoms with Crippen LogP contribution in [0.3, 0.4) is 0 Å². The summed E-state index contributed by atoms with van der Waals surface area (Å²) < 4.78 is 0. The van der Waals surface area contributed by atoms with Crippen LogP contribution in [0.5, 0.6) is 0 Å². The molecule has 1 heterocycles. The Labute approximate surface area is 102 Å². The summed E-state index contributed by atoms with van der Waals surface area (Å²) in [6.07, 6.45) is 2.61. The van der Waals surface area contributed by atoms with E-state index in [0.717, 1.165) is 18.4 Å². The second-order valence-electron chi connectivity index (χ2n) is 5.93. The molecule has 1 aliphatic heterocycles. The minimum atomic E-state index is 0.702. The maximum Gasteiger partial charge on any atom is 0.0221 e. The fraction of sp³-hybridized carbons (Fsp3) is 1.00. The maximum atomic E-state index is 3.70. The molecule has 96 valence electrons. The molecule has 1 fully saturated rings. The van der Waals surface area contributed by atoms with Crippen molar-refractivity contribution in [1.82, 2.24) is 10.2 Å². The molecule has 0 aromatic heterocycles. The zero-order chi connectivity index (χ0) is 12.1. The minimum Gasteiger partial charge on any atom is -0.311 e. The van der Waals surface area contributed by atoms with E-state index in [1.165, 1.54) is 25.9 Å². The van der Waals surface area contributed by atoms with E-state index in [1.54, 1.807) is 0 Å². The van der Waals surface area contributed by atoms with Gasteiger partial charge in [-0.1, -0.05) is 34.1 Å². The van der Waals surface area contributed by atoms with E-state index >= 15 is 0 Å². The van der Waals surface area contributed by atoms with Gasteiger partial charge in [-0.2, -0.15) is 0 Å². The Bertz CT molecular complexity index is 191. The van der Waals surface area contributed by atoms with E-state index in [1.807, 2.05) is 0 Å². The zero-order valence-corrected chi connectivity index (χ0v) is 11.8. The molecule has 1 N–H and O–H groups in total. The molecular formula is C14H30N2. The maximum absolute atomic E-state index is 3.70. The molecule has 0 saturated carbocycles. The quantitative estimate of drug-likeness (QED) is 0.775. The fourth-order valence-electron chi connectivity index (χ4n) is 2.35. The molecule has 0 amide bonds. The lowest BCUT2D eigenvalue weighted by Crippen LogP contribution is -2.57. The lowest BCUT2D eigenvalue weighted by molar-refractivity contribution is 0.113. The van der Waals surface area contributed by atoms with Gasteiger partial charge >= 0.3 is 0 Å². The highest BCUT2D eigenvalue weighted by Gasteiger charge is 2.27. The Morgan fingerprint density at radius 3 is 2.56 bits per heavy atom. The zero-order valence-electron chi connectivity index (χ0n) is 11.8.